The van der Waals surface area contributed by atoms with Gasteiger partial charge in [-0.1, -0.05) is 6.07 Å². The van der Waals surface area contributed by atoms with Gasteiger partial charge in [-0.2, -0.15) is 0 Å². The Morgan fingerprint density at radius 1 is 1.39 bits per heavy atom. The number of nitrogens with zero attached hydrogens (tertiary/aromatic N) is 2. The average Bonchev–Trinajstić information content (AvgIpc) is 3.09. The van der Waals surface area contributed by atoms with E-state index in [0.717, 1.165) is 5.76 Å². The second kappa shape index (κ2) is 6.70. The molecule has 0 spiro atoms. The topological polar surface area (TPSA) is 78.0 Å². The van der Waals surface area contributed by atoms with Crippen molar-refractivity contribution in [1.82, 2.24) is 0 Å². The molecule has 1 aromatic carbocycles. The minimum atomic E-state index is -0.391. The van der Waals surface area contributed by atoms with Gasteiger partial charge in [-0.05, 0) is 31.2 Å². The quantitative estimate of drug-likeness (QED) is 0.622. The van der Waals surface area contributed by atoms with E-state index >= 15 is 0 Å². The third-order valence-electron chi connectivity index (χ3n) is 3.73. The van der Waals surface area contributed by atoms with Gasteiger partial charge < -0.3 is 18.8 Å². The summed E-state index contributed by atoms with van der Waals surface area (Å²) in [5.41, 5.74) is 0.537. The summed E-state index contributed by atoms with van der Waals surface area (Å²) < 4.78 is 16.5. The number of morpholine rings is 1. The molecule has 23 heavy (non-hydrogen) atoms. The molecule has 1 saturated heterocycles. The molecule has 7 nitrogen and oxygen atoms in total. The Balaban J connectivity index is 1.91. The van der Waals surface area contributed by atoms with E-state index in [4.69, 9.17) is 13.9 Å². The highest BCUT2D eigenvalue weighted by molar-refractivity contribution is 5.70. The fourth-order valence-corrected chi connectivity index (χ4v) is 2.74. The highest BCUT2D eigenvalue weighted by Gasteiger charge is 2.30. The summed E-state index contributed by atoms with van der Waals surface area (Å²) >= 11 is 0. The molecule has 1 aromatic heterocycles. The largest absolute Gasteiger partial charge is 0.487 e. The number of furan rings is 1. The predicted molar refractivity (Wildman–Crippen MR) is 83.9 cm³/mol. The van der Waals surface area contributed by atoms with E-state index in [1.54, 1.807) is 37.5 Å². The standard InChI is InChI=1S/C16H18N2O5/c1-2-21-14-6-3-5-12(16(14)18(19)20)17-8-10-23-15(11-17)13-7-4-9-22-13/h3-7,9,15H,2,8,10-11H2,1H3/t15-/m1/s1. The van der Waals surface area contributed by atoms with E-state index in [-0.39, 0.29) is 17.5 Å². The minimum absolute atomic E-state index is 0.00514. The first-order valence-corrected chi connectivity index (χ1v) is 7.51. The number of hydrogen-bond donors (Lipinski definition) is 0. The minimum Gasteiger partial charge on any atom is -0.487 e. The second-order valence-electron chi connectivity index (χ2n) is 5.13. The van der Waals surface area contributed by atoms with Gasteiger partial charge in [0.15, 0.2) is 5.75 Å². The van der Waals surface area contributed by atoms with Gasteiger partial charge in [0.1, 0.15) is 17.6 Å². The van der Waals surface area contributed by atoms with Gasteiger partial charge in [0.25, 0.3) is 0 Å². The highest BCUT2D eigenvalue weighted by Crippen LogP contribution is 2.39. The van der Waals surface area contributed by atoms with Crippen LogP contribution in [-0.2, 0) is 4.74 Å². The van der Waals surface area contributed by atoms with Crippen molar-refractivity contribution in [2.45, 2.75) is 13.0 Å². The van der Waals surface area contributed by atoms with Gasteiger partial charge in [-0.15, -0.1) is 0 Å². The van der Waals surface area contributed by atoms with Gasteiger partial charge in [0.2, 0.25) is 0 Å². The lowest BCUT2D eigenvalue weighted by Crippen LogP contribution is -2.38. The first kappa shape index (κ1) is 15.4. The predicted octanol–water partition coefficient (Wildman–Crippen LogP) is 3.16. The van der Waals surface area contributed by atoms with Crippen LogP contribution < -0.4 is 9.64 Å². The fourth-order valence-electron chi connectivity index (χ4n) is 2.74. The molecule has 0 amide bonds. The fraction of sp³-hybridized carbons (Fsp3) is 0.375. The van der Waals surface area contributed by atoms with Crippen molar-refractivity contribution in [3.8, 4) is 5.75 Å². The molecular formula is C16H18N2O5. The number of ether oxygens (including phenoxy) is 2. The Labute approximate surface area is 133 Å². The van der Waals surface area contributed by atoms with Crippen LogP contribution in [0.4, 0.5) is 11.4 Å². The normalized spacial score (nSPS) is 18.0. The maximum Gasteiger partial charge on any atom is 0.333 e. The van der Waals surface area contributed by atoms with Crippen LogP contribution in [0.1, 0.15) is 18.8 Å². The summed E-state index contributed by atoms with van der Waals surface area (Å²) in [5, 5.41) is 11.5. The van der Waals surface area contributed by atoms with Gasteiger partial charge in [0, 0.05) is 6.54 Å². The van der Waals surface area contributed by atoms with Crippen molar-refractivity contribution >= 4 is 11.4 Å². The van der Waals surface area contributed by atoms with E-state index in [2.05, 4.69) is 0 Å². The summed E-state index contributed by atoms with van der Waals surface area (Å²) in [6, 6.07) is 8.78. The lowest BCUT2D eigenvalue weighted by atomic mass is 10.1. The van der Waals surface area contributed by atoms with E-state index < -0.39 is 4.92 Å². The Bertz CT molecular complexity index is 671. The summed E-state index contributed by atoms with van der Waals surface area (Å²) in [6.07, 6.45) is 1.35. The summed E-state index contributed by atoms with van der Waals surface area (Å²) in [5.74, 6) is 1.01. The van der Waals surface area contributed by atoms with Crippen molar-refractivity contribution in [2.75, 3.05) is 31.2 Å². The van der Waals surface area contributed by atoms with Crippen molar-refractivity contribution in [2.24, 2.45) is 0 Å². The molecule has 1 fully saturated rings. The van der Waals surface area contributed by atoms with E-state index in [1.165, 1.54) is 0 Å². The van der Waals surface area contributed by atoms with Gasteiger partial charge in [-0.3, -0.25) is 10.1 Å². The molecule has 122 valence electrons. The van der Waals surface area contributed by atoms with E-state index in [0.29, 0.717) is 32.0 Å². The number of anilines is 1. The zero-order chi connectivity index (χ0) is 16.2. The van der Waals surface area contributed by atoms with Crippen LogP contribution in [0.5, 0.6) is 5.75 Å². The maximum atomic E-state index is 11.5. The van der Waals surface area contributed by atoms with Crippen LogP contribution >= 0.6 is 0 Å². The molecule has 1 aliphatic heterocycles. The molecule has 0 saturated carbocycles. The molecule has 2 heterocycles. The third-order valence-corrected chi connectivity index (χ3v) is 3.73. The van der Waals surface area contributed by atoms with Crippen molar-refractivity contribution in [3.63, 3.8) is 0 Å². The molecule has 7 heteroatoms. The monoisotopic (exact) mass is 318 g/mol. The Hall–Kier alpha value is -2.54. The molecule has 0 aliphatic carbocycles. The Morgan fingerprint density at radius 3 is 2.96 bits per heavy atom. The van der Waals surface area contributed by atoms with Crippen LogP contribution in [0.3, 0.4) is 0 Å². The summed E-state index contributed by atoms with van der Waals surface area (Å²) in [6.45, 7) is 3.72. The Morgan fingerprint density at radius 2 is 2.26 bits per heavy atom. The number of rotatable bonds is 5. The number of nitro groups is 1. The molecule has 0 radical (unpaired) electrons. The van der Waals surface area contributed by atoms with Gasteiger partial charge in [0.05, 0.1) is 30.9 Å². The summed E-state index contributed by atoms with van der Waals surface area (Å²) in [7, 11) is 0. The van der Waals surface area contributed by atoms with Crippen LogP contribution in [-0.4, -0.2) is 31.2 Å². The molecule has 0 N–H and O–H groups in total. The Kier molecular flexibility index (Phi) is 4.47. The van der Waals surface area contributed by atoms with Crippen molar-refractivity contribution in [3.05, 3.63) is 52.5 Å². The first-order chi connectivity index (χ1) is 11.2. The lowest BCUT2D eigenvalue weighted by Gasteiger charge is -2.33. The van der Waals surface area contributed by atoms with E-state index in [1.807, 2.05) is 11.0 Å². The first-order valence-electron chi connectivity index (χ1n) is 7.51. The smallest absolute Gasteiger partial charge is 0.333 e. The summed E-state index contributed by atoms with van der Waals surface area (Å²) in [4.78, 5) is 13.1. The number of hydrogen-bond acceptors (Lipinski definition) is 6. The van der Waals surface area contributed by atoms with Crippen LogP contribution in [0.2, 0.25) is 0 Å². The number of para-hydroxylation sites is 1. The maximum absolute atomic E-state index is 11.5. The van der Waals surface area contributed by atoms with Gasteiger partial charge >= 0.3 is 5.69 Å². The van der Waals surface area contributed by atoms with Crippen LogP contribution in [0.25, 0.3) is 0 Å². The average molecular weight is 318 g/mol. The number of benzene rings is 1. The van der Waals surface area contributed by atoms with Crippen LogP contribution in [0.15, 0.2) is 41.0 Å². The van der Waals surface area contributed by atoms with Crippen molar-refractivity contribution in [1.29, 1.82) is 0 Å². The second-order valence-corrected chi connectivity index (χ2v) is 5.13. The molecule has 1 atom stereocenters. The SMILES string of the molecule is CCOc1cccc(N2CCO[C@@H](c3ccco3)C2)c1[N+](=O)[O-]. The molecule has 0 bridgehead atoms. The lowest BCUT2D eigenvalue weighted by molar-refractivity contribution is -0.385. The molecule has 2 aromatic rings. The molecule has 3 rings (SSSR count). The molecular weight excluding hydrogens is 300 g/mol. The van der Waals surface area contributed by atoms with Gasteiger partial charge in [-0.25, -0.2) is 0 Å². The molecule has 0 unspecified atom stereocenters. The van der Waals surface area contributed by atoms with E-state index in [9.17, 15) is 10.1 Å². The van der Waals surface area contributed by atoms with Crippen molar-refractivity contribution < 1.29 is 18.8 Å². The molecule has 1 aliphatic rings. The zero-order valence-corrected chi connectivity index (χ0v) is 12.8. The number of nitro benzene ring substituents is 1. The van der Waals surface area contributed by atoms with Crippen LogP contribution in [0, 0.1) is 10.1 Å². The zero-order valence-electron chi connectivity index (χ0n) is 12.8. The third kappa shape index (κ3) is 3.14. The highest BCUT2D eigenvalue weighted by atomic mass is 16.6.